The number of aromatic nitrogens is 1. The van der Waals surface area contributed by atoms with E-state index >= 15 is 0 Å². The molecule has 0 bridgehead atoms. The van der Waals surface area contributed by atoms with Crippen LogP contribution in [0.3, 0.4) is 0 Å². The largest absolute Gasteiger partial charge is 0.372 e. The fourth-order valence-corrected chi connectivity index (χ4v) is 2.58. The van der Waals surface area contributed by atoms with E-state index in [0.29, 0.717) is 5.56 Å². The van der Waals surface area contributed by atoms with Crippen LogP contribution >= 0.6 is 0 Å². The molecule has 0 radical (unpaired) electrons. The highest BCUT2D eigenvalue weighted by Gasteiger charge is 2.11. The molecule has 0 unspecified atom stereocenters. The topological polar surface area (TPSA) is 48.1 Å². The van der Waals surface area contributed by atoms with E-state index in [1.807, 2.05) is 12.1 Å². The number of rotatable bonds is 3. The van der Waals surface area contributed by atoms with Crippen LogP contribution in [0, 0.1) is 0 Å². The summed E-state index contributed by atoms with van der Waals surface area (Å²) in [6.07, 6.45) is 7.31. The number of piperidine rings is 1. The van der Waals surface area contributed by atoms with Crippen LogP contribution in [0.15, 0.2) is 42.7 Å². The Kier molecular flexibility index (Phi) is 3.72. The maximum Gasteiger partial charge on any atom is 0.257 e. The summed E-state index contributed by atoms with van der Waals surface area (Å²) < 4.78 is 0. The smallest absolute Gasteiger partial charge is 0.257 e. The summed E-state index contributed by atoms with van der Waals surface area (Å²) in [5.74, 6) is -0.0861. The molecule has 2 N–H and O–H groups in total. The molecule has 0 atom stereocenters. The summed E-state index contributed by atoms with van der Waals surface area (Å²) in [4.78, 5) is 17.2. The molecule has 2 heterocycles. The van der Waals surface area contributed by atoms with Crippen molar-refractivity contribution in [2.75, 3.05) is 23.3 Å². The summed E-state index contributed by atoms with van der Waals surface area (Å²) in [7, 11) is 0. The Bertz CT molecular complexity index is 554. The minimum absolute atomic E-state index is 0.0861. The lowest BCUT2D eigenvalue weighted by Gasteiger charge is -2.28. The van der Waals surface area contributed by atoms with Gasteiger partial charge in [0.15, 0.2) is 0 Å². The number of nitrogens with one attached hydrogen (secondary N) is 2. The number of hydrogen-bond acceptors (Lipinski definition) is 2. The number of carbonyl (C=O) groups excluding carboxylic acids is 1. The van der Waals surface area contributed by atoms with Crippen LogP contribution in [-0.4, -0.2) is 24.0 Å². The quantitative estimate of drug-likeness (QED) is 0.898. The summed E-state index contributed by atoms with van der Waals surface area (Å²) in [5.41, 5.74) is 2.71. The van der Waals surface area contributed by atoms with Gasteiger partial charge in [-0.05, 0) is 49.6 Å². The lowest BCUT2D eigenvalue weighted by molar-refractivity contribution is 0.102. The van der Waals surface area contributed by atoms with Gasteiger partial charge in [0.2, 0.25) is 0 Å². The predicted octanol–water partition coefficient (Wildman–Crippen LogP) is 3.26. The van der Waals surface area contributed by atoms with Crippen molar-refractivity contribution in [3.63, 3.8) is 0 Å². The lowest BCUT2D eigenvalue weighted by Crippen LogP contribution is -2.29. The monoisotopic (exact) mass is 269 g/mol. The first-order valence-corrected chi connectivity index (χ1v) is 7.12. The summed E-state index contributed by atoms with van der Waals surface area (Å²) in [6, 6.07) is 9.86. The molecule has 4 nitrogen and oxygen atoms in total. The fraction of sp³-hybridized carbons (Fsp3) is 0.312. The molecule has 3 rings (SSSR count). The number of benzene rings is 1. The van der Waals surface area contributed by atoms with E-state index in [0.717, 1.165) is 18.8 Å². The van der Waals surface area contributed by atoms with Crippen LogP contribution in [0.5, 0.6) is 0 Å². The first-order valence-electron chi connectivity index (χ1n) is 7.12. The number of carbonyl (C=O) groups is 1. The van der Waals surface area contributed by atoms with Crippen molar-refractivity contribution in [3.8, 4) is 0 Å². The maximum atomic E-state index is 11.9. The van der Waals surface area contributed by atoms with Gasteiger partial charge in [-0.3, -0.25) is 4.79 Å². The Morgan fingerprint density at radius 3 is 2.45 bits per heavy atom. The number of nitrogens with zero attached hydrogens (tertiary/aromatic N) is 1. The zero-order valence-electron chi connectivity index (χ0n) is 11.4. The van der Waals surface area contributed by atoms with Crippen molar-refractivity contribution < 1.29 is 4.79 Å². The molecular formula is C16H19N3O. The van der Waals surface area contributed by atoms with E-state index in [-0.39, 0.29) is 5.91 Å². The molecular weight excluding hydrogens is 250 g/mol. The zero-order valence-corrected chi connectivity index (χ0v) is 11.4. The number of anilines is 2. The molecule has 0 saturated carbocycles. The van der Waals surface area contributed by atoms with Gasteiger partial charge in [-0.2, -0.15) is 0 Å². The molecule has 104 valence electrons. The number of H-pyrrole nitrogens is 1. The van der Waals surface area contributed by atoms with E-state index < -0.39 is 0 Å². The van der Waals surface area contributed by atoms with Crippen molar-refractivity contribution >= 4 is 17.3 Å². The van der Waals surface area contributed by atoms with Crippen LogP contribution < -0.4 is 10.2 Å². The molecule has 20 heavy (non-hydrogen) atoms. The van der Waals surface area contributed by atoms with Gasteiger partial charge in [-0.1, -0.05) is 0 Å². The third-order valence-electron chi connectivity index (χ3n) is 3.71. The summed E-state index contributed by atoms with van der Waals surface area (Å²) in [6.45, 7) is 2.27. The van der Waals surface area contributed by atoms with Crippen LogP contribution in [-0.2, 0) is 0 Å². The molecule has 1 amide bonds. The van der Waals surface area contributed by atoms with E-state index in [2.05, 4.69) is 27.3 Å². The molecule has 1 aliphatic heterocycles. The second kappa shape index (κ2) is 5.82. The highest BCUT2D eigenvalue weighted by Crippen LogP contribution is 2.22. The van der Waals surface area contributed by atoms with Gasteiger partial charge in [0.05, 0.1) is 5.56 Å². The SMILES string of the molecule is O=C(Nc1ccc(N2CCCCC2)cc1)c1cc[nH]c1. The normalized spacial score (nSPS) is 15.1. The van der Waals surface area contributed by atoms with E-state index in [1.54, 1.807) is 18.5 Å². The van der Waals surface area contributed by atoms with Crippen molar-refractivity contribution in [2.45, 2.75) is 19.3 Å². The molecule has 1 aliphatic rings. The second-order valence-electron chi connectivity index (χ2n) is 5.15. The molecule has 2 aromatic rings. The van der Waals surface area contributed by atoms with Gasteiger partial charge in [0, 0.05) is 36.9 Å². The highest BCUT2D eigenvalue weighted by atomic mass is 16.1. The van der Waals surface area contributed by atoms with Crippen molar-refractivity contribution in [1.82, 2.24) is 4.98 Å². The Labute approximate surface area is 118 Å². The Hall–Kier alpha value is -2.23. The molecule has 1 aromatic heterocycles. The molecule has 1 saturated heterocycles. The van der Waals surface area contributed by atoms with Gasteiger partial charge in [-0.25, -0.2) is 0 Å². The molecule has 1 fully saturated rings. The third-order valence-corrected chi connectivity index (χ3v) is 3.71. The molecule has 4 heteroatoms. The predicted molar refractivity (Wildman–Crippen MR) is 81.3 cm³/mol. The highest BCUT2D eigenvalue weighted by molar-refractivity contribution is 6.04. The third kappa shape index (κ3) is 2.85. The maximum absolute atomic E-state index is 11.9. The number of amides is 1. The first-order chi connectivity index (χ1) is 9.83. The zero-order chi connectivity index (χ0) is 13.8. The van der Waals surface area contributed by atoms with Crippen LogP contribution in [0.2, 0.25) is 0 Å². The van der Waals surface area contributed by atoms with E-state index in [1.165, 1.54) is 24.9 Å². The second-order valence-corrected chi connectivity index (χ2v) is 5.15. The molecule has 0 spiro atoms. The Morgan fingerprint density at radius 2 is 1.80 bits per heavy atom. The van der Waals surface area contributed by atoms with Crippen molar-refractivity contribution in [1.29, 1.82) is 0 Å². The Balaban J connectivity index is 1.65. The van der Waals surface area contributed by atoms with Gasteiger partial charge >= 0.3 is 0 Å². The van der Waals surface area contributed by atoms with Crippen LogP contribution in [0.1, 0.15) is 29.6 Å². The lowest BCUT2D eigenvalue weighted by atomic mass is 10.1. The first kappa shape index (κ1) is 12.8. The molecule has 0 aliphatic carbocycles. The van der Waals surface area contributed by atoms with E-state index in [4.69, 9.17) is 0 Å². The van der Waals surface area contributed by atoms with Gasteiger partial charge in [-0.15, -0.1) is 0 Å². The average Bonchev–Trinajstić information content (AvgIpc) is 3.03. The Morgan fingerprint density at radius 1 is 1.05 bits per heavy atom. The van der Waals surface area contributed by atoms with Gasteiger partial charge < -0.3 is 15.2 Å². The van der Waals surface area contributed by atoms with Crippen molar-refractivity contribution in [3.05, 3.63) is 48.3 Å². The molecule has 1 aromatic carbocycles. The van der Waals surface area contributed by atoms with Crippen LogP contribution in [0.25, 0.3) is 0 Å². The van der Waals surface area contributed by atoms with Crippen LogP contribution in [0.4, 0.5) is 11.4 Å². The minimum atomic E-state index is -0.0861. The van der Waals surface area contributed by atoms with Crippen molar-refractivity contribution in [2.24, 2.45) is 0 Å². The van der Waals surface area contributed by atoms with Gasteiger partial charge in [0.1, 0.15) is 0 Å². The fourth-order valence-electron chi connectivity index (χ4n) is 2.58. The minimum Gasteiger partial charge on any atom is -0.372 e. The number of aromatic amines is 1. The summed E-state index contributed by atoms with van der Waals surface area (Å²) >= 11 is 0. The van der Waals surface area contributed by atoms with E-state index in [9.17, 15) is 4.79 Å². The summed E-state index contributed by atoms with van der Waals surface area (Å²) in [5, 5.41) is 2.90. The average molecular weight is 269 g/mol. The number of hydrogen-bond donors (Lipinski definition) is 2. The van der Waals surface area contributed by atoms with Gasteiger partial charge in [0.25, 0.3) is 5.91 Å². The standard InChI is InChI=1S/C16H19N3O/c20-16(13-8-9-17-12-13)18-14-4-6-15(7-5-14)19-10-2-1-3-11-19/h4-9,12,17H,1-3,10-11H2,(H,18,20).